The van der Waals surface area contributed by atoms with Crippen molar-refractivity contribution in [3.05, 3.63) is 24.3 Å². The molecule has 0 aliphatic heterocycles. The molecule has 2 N–H and O–H groups in total. The van der Waals surface area contributed by atoms with E-state index in [4.69, 9.17) is 10.5 Å². The first-order chi connectivity index (χ1) is 6.16. The van der Waals surface area contributed by atoms with Crippen molar-refractivity contribution >= 4 is 11.7 Å². The third-order valence-corrected chi connectivity index (χ3v) is 1.78. The van der Waals surface area contributed by atoms with Crippen LogP contribution in [0, 0.1) is 0 Å². The SMILES string of the molecule is COc1ccccc1N(C)C(N)=O. The van der Waals surface area contributed by atoms with Gasteiger partial charge in [-0.2, -0.15) is 0 Å². The Morgan fingerprint density at radius 2 is 2.08 bits per heavy atom. The summed E-state index contributed by atoms with van der Waals surface area (Å²) in [4.78, 5) is 12.2. The largest absolute Gasteiger partial charge is 0.495 e. The van der Waals surface area contributed by atoms with Crippen LogP contribution in [0.15, 0.2) is 24.3 Å². The summed E-state index contributed by atoms with van der Waals surface area (Å²) in [5, 5.41) is 0. The number of nitrogens with zero attached hydrogens (tertiary/aromatic N) is 1. The molecule has 4 nitrogen and oxygen atoms in total. The Kier molecular flexibility index (Phi) is 2.74. The van der Waals surface area contributed by atoms with Gasteiger partial charge in [0.25, 0.3) is 0 Å². The van der Waals surface area contributed by atoms with Crippen LogP contribution in [-0.4, -0.2) is 20.2 Å². The summed E-state index contributed by atoms with van der Waals surface area (Å²) in [6.45, 7) is 0. The first-order valence-corrected chi connectivity index (χ1v) is 3.83. The zero-order chi connectivity index (χ0) is 9.84. The molecule has 0 fully saturated rings. The molecule has 1 aromatic carbocycles. The van der Waals surface area contributed by atoms with Crippen molar-refractivity contribution < 1.29 is 9.53 Å². The van der Waals surface area contributed by atoms with Crippen molar-refractivity contribution in [1.82, 2.24) is 0 Å². The summed E-state index contributed by atoms with van der Waals surface area (Å²) in [5.74, 6) is 0.629. The van der Waals surface area contributed by atoms with Crippen LogP contribution in [0.5, 0.6) is 5.75 Å². The van der Waals surface area contributed by atoms with E-state index in [1.165, 1.54) is 4.90 Å². The third kappa shape index (κ3) is 1.90. The molecule has 0 saturated heterocycles. The highest BCUT2D eigenvalue weighted by atomic mass is 16.5. The van der Waals surface area contributed by atoms with Crippen molar-refractivity contribution in [2.45, 2.75) is 0 Å². The number of anilines is 1. The molecule has 0 atom stereocenters. The zero-order valence-corrected chi connectivity index (χ0v) is 7.65. The highest BCUT2D eigenvalue weighted by molar-refractivity contribution is 5.91. The van der Waals surface area contributed by atoms with Crippen molar-refractivity contribution in [3.63, 3.8) is 0 Å². The Morgan fingerprint density at radius 3 is 2.62 bits per heavy atom. The number of rotatable bonds is 2. The Bertz CT molecular complexity index is 312. The van der Waals surface area contributed by atoms with E-state index in [1.54, 1.807) is 26.3 Å². The molecule has 0 heterocycles. The molecule has 0 bridgehead atoms. The average Bonchev–Trinajstić information content (AvgIpc) is 2.16. The molecule has 0 unspecified atom stereocenters. The number of hydrogen-bond donors (Lipinski definition) is 1. The normalized spacial score (nSPS) is 9.38. The van der Waals surface area contributed by atoms with Crippen LogP contribution in [0.4, 0.5) is 10.5 Å². The zero-order valence-electron chi connectivity index (χ0n) is 7.65. The van der Waals surface area contributed by atoms with Gasteiger partial charge in [0.15, 0.2) is 0 Å². The van der Waals surface area contributed by atoms with Gasteiger partial charge in [0.1, 0.15) is 5.75 Å². The minimum absolute atomic E-state index is 0.510. The summed E-state index contributed by atoms with van der Waals surface area (Å²) in [6.07, 6.45) is 0. The van der Waals surface area contributed by atoms with Crippen molar-refractivity contribution in [1.29, 1.82) is 0 Å². The van der Waals surface area contributed by atoms with Crippen molar-refractivity contribution in [3.8, 4) is 5.75 Å². The van der Waals surface area contributed by atoms with Gasteiger partial charge < -0.3 is 10.5 Å². The molecule has 1 rings (SSSR count). The molecular weight excluding hydrogens is 168 g/mol. The Labute approximate surface area is 76.9 Å². The topological polar surface area (TPSA) is 55.6 Å². The predicted molar refractivity (Wildman–Crippen MR) is 51.0 cm³/mol. The van der Waals surface area contributed by atoms with E-state index in [2.05, 4.69) is 0 Å². The highest BCUT2D eigenvalue weighted by Crippen LogP contribution is 2.25. The highest BCUT2D eigenvalue weighted by Gasteiger charge is 2.10. The maximum absolute atomic E-state index is 10.9. The van der Waals surface area contributed by atoms with Gasteiger partial charge in [0.05, 0.1) is 12.8 Å². The molecule has 0 aliphatic carbocycles. The molecule has 70 valence electrons. The fourth-order valence-corrected chi connectivity index (χ4v) is 1.03. The van der Waals surface area contributed by atoms with E-state index in [0.717, 1.165) is 0 Å². The smallest absolute Gasteiger partial charge is 0.319 e. The predicted octanol–water partition coefficient (Wildman–Crippen LogP) is 1.21. The number of primary amides is 1. The van der Waals surface area contributed by atoms with Gasteiger partial charge >= 0.3 is 6.03 Å². The molecule has 0 radical (unpaired) electrons. The fourth-order valence-electron chi connectivity index (χ4n) is 1.03. The molecule has 0 spiro atoms. The standard InChI is InChI=1S/C9H12N2O2/c1-11(9(10)12)7-5-3-4-6-8(7)13-2/h3-6H,1-2H3,(H2,10,12). The van der Waals surface area contributed by atoms with Crippen LogP contribution in [0.1, 0.15) is 0 Å². The number of para-hydroxylation sites is 2. The van der Waals surface area contributed by atoms with E-state index in [0.29, 0.717) is 11.4 Å². The van der Waals surface area contributed by atoms with Crippen LogP contribution in [0.2, 0.25) is 0 Å². The average molecular weight is 180 g/mol. The van der Waals surface area contributed by atoms with E-state index in [9.17, 15) is 4.79 Å². The summed E-state index contributed by atoms with van der Waals surface area (Å²) in [6, 6.07) is 6.68. The number of carbonyl (C=O) groups excluding carboxylic acids is 1. The van der Waals surface area contributed by atoms with E-state index in [1.807, 2.05) is 12.1 Å². The maximum Gasteiger partial charge on any atom is 0.319 e. The lowest BCUT2D eigenvalue weighted by molar-refractivity contribution is 0.255. The van der Waals surface area contributed by atoms with Crippen LogP contribution in [0.25, 0.3) is 0 Å². The number of nitrogens with two attached hydrogens (primary N) is 1. The van der Waals surface area contributed by atoms with E-state index in [-0.39, 0.29) is 0 Å². The van der Waals surface area contributed by atoms with Crippen LogP contribution in [0.3, 0.4) is 0 Å². The first-order valence-electron chi connectivity index (χ1n) is 3.83. The molecule has 1 aromatic rings. The summed E-state index contributed by atoms with van der Waals surface area (Å²) >= 11 is 0. The summed E-state index contributed by atoms with van der Waals surface area (Å²) in [5.41, 5.74) is 5.79. The first kappa shape index (κ1) is 9.38. The maximum atomic E-state index is 10.9. The Balaban J connectivity index is 3.05. The molecular formula is C9H12N2O2. The number of benzene rings is 1. The number of urea groups is 1. The lowest BCUT2D eigenvalue weighted by atomic mass is 10.3. The Morgan fingerprint density at radius 1 is 1.46 bits per heavy atom. The molecule has 0 aromatic heterocycles. The lowest BCUT2D eigenvalue weighted by Gasteiger charge is -2.16. The minimum atomic E-state index is -0.510. The third-order valence-electron chi connectivity index (χ3n) is 1.78. The van der Waals surface area contributed by atoms with Gasteiger partial charge in [-0.25, -0.2) is 4.79 Å². The number of hydrogen-bond acceptors (Lipinski definition) is 2. The molecule has 2 amide bonds. The number of amides is 2. The molecule has 4 heteroatoms. The van der Waals surface area contributed by atoms with Gasteiger partial charge in [-0.05, 0) is 12.1 Å². The minimum Gasteiger partial charge on any atom is -0.495 e. The van der Waals surface area contributed by atoms with Gasteiger partial charge in [0, 0.05) is 7.05 Å². The van der Waals surface area contributed by atoms with Gasteiger partial charge in [-0.15, -0.1) is 0 Å². The van der Waals surface area contributed by atoms with Crippen molar-refractivity contribution in [2.24, 2.45) is 5.73 Å². The van der Waals surface area contributed by atoms with Gasteiger partial charge in [0.2, 0.25) is 0 Å². The Hall–Kier alpha value is -1.71. The van der Waals surface area contributed by atoms with Crippen LogP contribution >= 0.6 is 0 Å². The number of ether oxygens (including phenoxy) is 1. The second kappa shape index (κ2) is 3.80. The lowest BCUT2D eigenvalue weighted by Crippen LogP contribution is -2.31. The van der Waals surface area contributed by atoms with E-state index >= 15 is 0 Å². The second-order valence-electron chi connectivity index (χ2n) is 2.57. The van der Waals surface area contributed by atoms with Crippen LogP contribution in [-0.2, 0) is 0 Å². The quantitative estimate of drug-likeness (QED) is 0.743. The van der Waals surface area contributed by atoms with Gasteiger partial charge in [-0.1, -0.05) is 12.1 Å². The molecule has 13 heavy (non-hydrogen) atoms. The van der Waals surface area contributed by atoms with E-state index < -0.39 is 6.03 Å². The fraction of sp³-hybridized carbons (Fsp3) is 0.222. The monoisotopic (exact) mass is 180 g/mol. The van der Waals surface area contributed by atoms with Gasteiger partial charge in [-0.3, -0.25) is 4.90 Å². The number of methoxy groups -OCH3 is 1. The summed E-state index contributed by atoms with van der Waals surface area (Å²) in [7, 11) is 3.15. The number of carbonyl (C=O) groups is 1. The molecule has 0 saturated carbocycles. The second-order valence-corrected chi connectivity index (χ2v) is 2.57. The van der Waals surface area contributed by atoms with Crippen molar-refractivity contribution in [2.75, 3.05) is 19.1 Å². The summed E-state index contributed by atoms with van der Waals surface area (Å²) < 4.78 is 5.07. The van der Waals surface area contributed by atoms with Crippen LogP contribution < -0.4 is 15.4 Å². The molecule has 0 aliphatic rings.